The molecule has 3 aromatic carbocycles. The molecule has 184 valence electrons. The molecular weight excluding hydrogens is 560 g/mol. The first-order valence-corrected chi connectivity index (χ1v) is 13.8. The standard InChI is InChI=1S/C28H27BCl6/c1-13-7-16(4)22(19(10-13)25(30)31)28(29,23-17(5)8-14(2)11-20(23)26(32)33)24-18(6)9-15(3)12-21(24)27(34)35/h7-12,25-27H,1-6H3. The average molecular weight is 587 g/mol. The lowest BCUT2D eigenvalue weighted by Crippen LogP contribution is -2.36. The van der Waals surface area contributed by atoms with Crippen LogP contribution in [-0.4, -0.2) is 7.85 Å². The molecule has 0 amide bonds. The van der Waals surface area contributed by atoms with Crippen molar-refractivity contribution >= 4 is 77.5 Å². The zero-order valence-corrected chi connectivity index (χ0v) is 25.1. The summed E-state index contributed by atoms with van der Waals surface area (Å²) in [5.74, 6) is 0. The Balaban J connectivity index is 2.69. The molecule has 0 N–H and O–H groups in total. The van der Waals surface area contributed by atoms with E-state index in [4.69, 9.17) is 77.5 Å². The Morgan fingerprint density at radius 1 is 0.486 bits per heavy atom. The van der Waals surface area contributed by atoms with Gasteiger partial charge in [-0.05, 0) is 91.6 Å². The summed E-state index contributed by atoms with van der Waals surface area (Å²) in [5, 5.41) is -1.26. The minimum atomic E-state index is -1.26. The number of benzene rings is 3. The SMILES string of the molecule is [B]C(c1c(C)cc(C)cc1C(Cl)Cl)(c1c(C)cc(C)cc1C(Cl)Cl)c1c(C)cc(C)cc1C(Cl)Cl. The molecule has 0 unspecified atom stereocenters. The van der Waals surface area contributed by atoms with Crippen LogP contribution in [0.1, 0.15) is 81.3 Å². The molecule has 35 heavy (non-hydrogen) atoms. The van der Waals surface area contributed by atoms with Crippen molar-refractivity contribution in [2.75, 3.05) is 0 Å². The number of halogens is 6. The Morgan fingerprint density at radius 2 is 0.714 bits per heavy atom. The van der Waals surface area contributed by atoms with Gasteiger partial charge in [-0.15, -0.1) is 69.6 Å². The second kappa shape index (κ2) is 11.1. The molecule has 0 heterocycles. The van der Waals surface area contributed by atoms with Crippen LogP contribution in [0.5, 0.6) is 0 Å². The zero-order valence-electron chi connectivity index (χ0n) is 20.5. The summed E-state index contributed by atoms with van der Waals surface area (Å²) in [5.41, 5.74) is 10.4. The predicted octanol–water partition coefficient (Wildman–Crippen LogP) is 10.4. The second-order valence-electron chi connectivity index (χ2n) is 9.35. The van der Waals surface area contributed by atoms with Crippen molar-refractivity contribution in [1.29, 1.82) is 0 Å². The summed E-state index contributed by atoms with van der Waals surface area (Å²) >= 11 is 39.4. The van der Waals surface area contributed by atoms with Gasteiger partial charge in [0, 0.05) is 5.31 Å². The molecule has 0 aromatic heterocycles. The Morgan fingerprint density at radius 3 is 0.914 bits per heavy atom. The van der Waals surface area contributed by atoms with E-state index in [-0.39, 0.29) is 0 Å². The van der Waals surface area contributed by atoms with E-state index in [0.29, 0.717) is 16.7 Å². The molecule has 0 saturated carbocycles. The summed E-state index contributed by atoms with van der Waals surface area (Å²) < 4.78 is 0. The molecule has 0 bridgehead atoms. The smallest absolute Gasteiger partial charge is 0.100 e. The molecule has 0 atom stereocenters. The van der Waals surface area contributed by atoms with Crippen LogP contribution >= 0.6 is 69.6 Å². The van der Waals surface area contributed by atoms with Crippen molar-refractivity contribution in [1.82, 2.24) is 0 Å². The topological polar surface area (TPSA) is 0 Å². The second-order valence-corrected chi connectivity index (χ2v) is 12.6. The highest BCUT2D eigenvalue weighted by Crippen LogP contribution is 2.51. The number of hydrogen-bond donors (Lipinski definition) is 0. The van der Waals surface area contributed by atoms with E-state index in [1.165, 1.54) is 0 Å². The molecule has 0 spiro atoms. The highest BCUT2D eigenvalue weighted by atomic mass is 35.5. The van der Waals surface area contributed by atoms with Crippen LogP contribution in [0.2, 0.25) is 0 Å². The van der Waals surface area contributed by atoms with E-state index >= 15 is 0 Å². The third-order valence-electron chi connectivity index (χ3n) is 6.42. The maximum Gasteiger partial charge on any atom is 0.133 e. The highest BCUT2D eigenvalue weighted by Gasteiger charge is 2.41. The monoisotopic (exact) mass is 584 g/mol. The Kier molecular flexibility index (Phi) is 9.17. The third-order valence-corrected chi connectivity index (χ3v) is 7.83. The number of alkyl halides is 6. The zero-order chi connectivity index (χ0) is 26.4. The van der Waals surface area contributed by atoms with Gasteiger partial charge in [0.1, 0.15) is 14.5 Å². The van der Waals surface area contributed by atoms with Crippen LogP contribution in [0.4, 0.5) is 0 Å². The van der Waals surface area contributed by atoms with Crippen LogP contribution < -0.4 is 0 Å². The van der Waals surface area contributed by atoms with Crippen LogP contribution in [0.25, 0.3) is 0 Å². The molecule has 7 heteroatoms. The van der Waals surface area contributed by atoms with Gasteiger partial charge in [0.2, 0.25) is 0 Å². The first kappa shape index (κ1) is 29.0. The maximum atomic E-state index is 7.68. The minimum absolute atomic E-state index is 0.714. The summed E-state index contributed by atoms with van der Waals surface area (Å²) in [6.07, 6.45) is 0. The highest BCUT2D eigenvalue weighted by molar-refractivity contribution is 6.45. The fraction of sp³-hybridized carbons (Fsp3) is 0.357. The van der Waals surface area contributed by atoms with Crippen LogP contribution in [0, 0.1) is 41.5 Å². The maximum absolute atomic E-state index is 7.68. The van der Waals surface area contributed by atoms with E-state index in [2.05, 4.69) is 18.2 Å². The van der Waals surface area contributed by atoms with Gasteiger partial charge in [-0.3, -0.25) is 0 Å². The van der Waals surface area contributed by atoms with Crippen LogP contribution in [-0.2, 0) is 5.31 Å². The first-order chi connectivity index (χ1) is 16.2. The summed E-state index contributed by atoms with van der Waals surface area (Å²) in [7, 11) is 7.68. The van der Waals surface area contributed by atoms with Gasteiger partial charge >= 0.3 is 0 Å². The molecule has 2 radical (unpaired) electrons. The van der Waals surface area contributed by atoms with Crippen molar-refractivity contribution in [3.05, 3.63) is 103 Å². The van der Waals surface area contributed by atoms with E-state index in [0.717, 1.165) is 50.1 Å². The largest absolute Gasteiger partial charge is 0.133 e. The lowest BCUT2D eigenvalue weighted by molar-refractivity contribution is 0.807. The Hall–Kier alpha value is -0.535. The van der Waals surface area contributed by atoms with Gasteiger partial charge in [-0.1, -0.05) is 53.1 Å². The molecule has 3 aromatic rings. The van der Waals surface area contributed by atoms with Crippen molar-refractivity contribution in [3.63, 3.8) is 0 Å². The summed E-state index contributed by atoms with van der Waals surface area (Å²) in [6, 6.07) is 12.1. The molecule has 0 aliphatic carbocycles. The molecule has 0 saturated heterocycles. The number of rotatable bonds is 6. The fourth-order valence-electron chi connectivity index (χ4n) is 5.51. The van der Waals surface area contributed by atoms with E-state index in [1.807, 2.05) is 59.7 Å². The van der Waals surface area contributed by atoms with Gasteiger partial charge in [-0.2, -0.15) is 0 Å². The fourth-order valence-corrected chi connectivity index (χ4v) is 6.54. The molecule has 0 nitrogen and oxygen atoms in total. The quantitative estimate of drug-likeness (QED) is 0.153. The van der Waals surface area contributed by atoms with Gasteiger partial charge in [0.15, 0.2) is 0 Å². The van der Waals surface area contributed by atoms with Crippen LogP contribution in [0.3, 0.4) is 0 Å². The van der Waals surface area contributed by atoms with E-state index in [1.54, 1.807) is 0 Å². The molecular formula is C28H27BCl6. The minimum Gasteiger partial charge on any atom is -0.100 e. The number of aryl methyl sites for hydroxylation is 6. The lowest BCUT2D eigenvalue weighted by Gasteiger charge is -2.41. The molecule has 0 fully saturated rings. The van der Waals surface area contributed by atoms with Crippen molar-refractivity contribution < 1.29 is 0 Å². The van der Waals surface area contributed by atoms with E-state index < -0.39 is 19.8 Å². The van der Waals surface area contributed by atoms with Crippen molar-refractivity contribution in [2.45, 2.75) is 61.4 Å². The average Bonchev–Trinajstić information content (AvgIpc) is 2.71. The van der Waals surface area contributed by atoms with Gasteiger partial charge in [0.05, 0.1) is 7.85 Å². The van der Waals surface area contributed by atoms with E-state index in [9.17, 15) is 0 Å². The Bertz CT molecular complexity index is 1110. The summed E-state index contributed by atoms with van der Waals surface area (Å²) in [6.45, 7) is 12.0. The Labute approximate surface area is 240 Å². The van der Waals surface area contributed by atoms with Gasteiger partial charge < -0.3 is 0 Å². The van der Waals surface area contributed by atoms with Crippen molar-refractivity contribution in [2.24, 2.45) is 0 Å². The molecule has 0 aliphatic rings. The van der Waals surface area contributed by atoms with Gasteiger partial charge in [0.25, 0.3) is 0 Å². The third kappa shape index (κ3) is 5.52. The lowest BCUT2D eigenvalue weighted by atomic mass is 9.51. The normalized spacial score (nSPS) is 12.3. The number of hydrogen-bond acceptors (Lipinski definition) is 0. The predicted molar refractivity (Wildman–Crippen MR) is 157 cm³/mol. The summed E-state index contributed by atoms with van der Waals surface area (Å²) in [4.78, 5) is -2.46. The van der Waals surface area contributed by atoms with Gasteiger partial charge in [-0.25, -0.2) is 0 Å². The van der Waals surface area contributed by atoms with Crippen molar-refractivity contribution in [3.8, 4) is 0 Å². The first-order valence-electron chi connectivity index (χ1n) is 11.2. The molecule has 0 aliphatic heterocycles. The molecule has 3 rings (SSSR count). The van der Waals surface area contributed by atoms with Crippen LogP contribution in [0.15, 0.2) is 36.4 Å².